The summed E-state index contributed by atoms with van der Waals surface area (Å²) in [6.45, 7) is 3.38. The molecule has 57 heavy (non-hydrogen) atoms. The Balaban J connectivity index is 2.36. The van der Waals surface area contributed by atoms with Gasteiger partial charge in [0.2, 0.25) is 0 Å². The fraction of sp³-hybridized carbons (Fsp3) is 0.830. The first-order valence-corrected chi connectivity index (χ1v) is 23.1. The van der Waals surface area contributed by atoms with E-state index < -0.39 is 49.4 Å². The number of aliphatic hydroxyl groups excluding tert-OH is 4. The Labute approximate surface area is 346 Å². The molecule has 0 radical (unpaired) electrons. The predicted molar refractivity (Wildman–Crippen MR) is 229 cm³/mol. The van der Waals surface area contributed by atoms with Crippen LogP contribution in [0.1, 0.15) is 194 Å². The van der Waals surface area contributed by atoms with Gasteiger partial charge < -0.3 is 39.4 Å². The number of carbonyl (C=O) groups excluding carboxylic acids is 2. The van der Waals surface area contributed by atoms with Crippen LogP contribution in [0.25, 0.3) is 0 Å². The number of allylic oxidation sites excluding steroid dienone is 6. The van der Waals surface area contributed by atoms with E-state index >= 15 is 0 Å². The summed E-state index contributed by atoms with van der Waals surface area (Å²) in [6, 6.07) is 0. The van der Waals surface area contributed by atoms with Crippen LogP contribution in [0.5, 0.6) is 0 Å². The minimum Gasteiger partial charge on any atom is -0.462 e. The average molecular weight is 809 g/mol. The second kappa shape index (κ2) is 38.1. The lowest BCUT2D eigenvalue weighted by Gasteiger charge is -2.39. The number of rotatable bonds is 38. The lowest BCUT2D eigenvalue weighted by atomic mass is 9.99. The fourth-order valence-electron chi connectivity index (χ4n) is 6.85. The molecule has 0 aromatic carbocycles. The van der Waals surface area contributed by atoms with E-state index in [4.69, 9.17) is 18.9 Å². The third kappa shape index (κ3) is 29.7. The van der Waals surface area contributed by atoms with Gasteiger partial charge in [-0.1, -0.05) is 172 Å². The van der Waals surface area contributed by atoms with Crippen LogP contribution in [-0.4, -0.2) is 89.0 Å². The molecule has 1 aliphatic rings. The maximum Gasteiger partial charge on any atom is 0.306 e. The summed E-state index contributed by atoms with van der Waals surface area (Å²) >= 11 is 0. The molecular formula is C47H84O10. The number of hydrogen-bond donors (Lipinski definition) is 4. The molecule has 0 spiro atoms. The molecule has 0 aromatic rings. The van der Waals surface area contributed by atoms with Crippen molar-refractivity contribution in [1.82, 2.24) is 0 Å². The molecule has 332 valence electrons. The van der Waals surface area contributed by atoms with Gasteiger partial charge in [0.1, 0.15) is 31.0 Å². The lowest BCUT2D eigenvalue weighted by molar-refractivity contribution is -0.305. The fourth-order valence-corrected chi connectivity index (χ4v) is 6.85. The maximum absolute atomic E-state index is 12.7. The molecule has 10 nitrogen and oxygen atoms in total. The van der Waals surface area contributed by atoms with Crippen molar-refractivity contribution in [3.05, 3.63) is 36.5 Å². The summed E-state index contributed by atoms with van der Waals surface area (Å²) in [5, 5.41) is 40.1. The summed E-state index contributed by atoms with van der Waals surface area (Å²) in [4.78, 5) is 25.3. The minimum atomic E-state index is -1.60. The molecule has 1 heterocycles. The van der Waals surface area contributed by atoms with Gasteiger partial charge in [0.15, 0.2) is 12.4 Å². The third-order valence-electron chi connectivity index (χ3n) is 10.5. The van der Waals surface area contributed by atoms with Crippen molar-refractivity contribution in [2.75, 3.05) is 19.8 Å². The Kier molecular flexibility index (Phi) is 35.4. The van der Waals surface area contributed by atoms with Crippen LogP contribution in [-0.2, 0) is 28.5 Å². The van der Waals surface area contributed by atoms with Gasteiger partial charge in [0, 0.05) is 12.8 Å². The third-order valence-corrected chi connectivity index (χ3v) is 10.5. The van der Waals surface area contributed by atoms with Gasteiger partial charge in [-0.25, -0.2) is 0 Å². The van der Waals surface area contributed by atoms with Crippen LogP contribution in [0.3, 0.4) is 0 Å². The van der Waals surface area contributed by atoms with E-state index in [1.807, 2.05) is 6.08 Å². The topological polar surface area (TPSA) is 152 Å². The molecule has 6 atom stereocenters. The Morgan fingerprint density at radius 3 is 1.53 bits per heavy atom. The Morgan fingerprint density at radius 2 is 1.00 bits per heavy atom. The average Bonchev–Trinajstić information content (AvgIpc) is 3.21. The van der Waals surface area contributed by atoms with E-state index in [-0.39, 0.29) is 32.0 Å². The molecule has 0 saturated carbocycles. The van der Waals surface area contributed by atoms with Gasteiger partial charge in [0.05, 0.1) is 13.2 Å². The molecule has 1 rings (SSSR count). The molecule has 4 N–H and O–H groups in total. The van der Waals surface area contributed by atoms with Gasteiger partial charge in [-0.2, -0.15) is 0 Å². The summed E-state index contributed by atoms with van der Waals surface area (Å²) < 4.78 is 22.1. The first-order valence-electron chi connectivity index (χ1n) is 23.1. The Hall–Kier alpha value is -2.08. The van der Waals surface area contributed by atoms with Crippen LogP contribution >= 0.6 is 0 Å². The molecule has 10 heteroatoms. The molecule has 1 saturated heterocycles. The first-order chi connectivity index (χ1) is 27.8. The van der Waals surface area contributed by atoms with Crippen molar-refractivity contribution in [2.45, 2.75) is 230 Å². The normalized spacial score (nSPS) is 20.6. The predicted octanol–water partition coefficient (Wildman–Crippen LogP) is 9.89. The number of carbonyl (C=O) groups is 2. The molecular weight excluding hydrogens is 725 g/mol. The van der Waals surface area contributed by atoms with Gasteiger partial charge in [-0.3, -0.25) is 9.59 Å². The van der Waals surface area contributed by atoms with Gasteiger partial charge in [-0.15, -0.1) is 0 Å². The van der Waals surface area contributed by atoms with E-state index in [2.05, 4.69) is 44.2 Å². The van der Waals surface area contributed by atoms with Crippen LogP contribution < -0.4 is 0 Å². The van der Waals surface area contributed by atoms with Crippen LogP contribution in [0, 0.1) is 0 Å². The highest BCUT2D eigenvalue weighted by molar-refractivity contribution is 5.70. The van der Waals surface area contributed by atoms with E-state index in [0.29, 0.717) is 12.8 Å². The summed E-state index contributed by atoms with van der Waals surface area (Å²) in [6.07, 6.45) is 35.8. The van der Waals surface area contributed by atoms with E-state index in [9.17, 15) is 30.0 Å². The van der Waals surface area contributed by atoms with Crippen molar-refractivity contribution in [3.8, 4) is 0 Å². The SMILES string of the molecule is CCCCCCCC/C=C/C/C=C/C/C=C/CCCC(=O)O[C@H](COC(=O)CCCCCCCCCCCCCCCCC)CO[C@@H]1O[C@H](CO)[C@H](O)C(O)C1O. The zero-order valence-corrected chi connectivity index (χ0v) is 36.1. The summed E-state index contributed by atoms with van der Waals surface area (Å²) in [5.41, 5.74) is 0. The van der Waals surface area contributed by atoms with E-state index in [1.165, 1.54) is 116 Å². The molecule has 0 aromatic heterocycles. The lowest BCUT2D eigenvalue weighted by Crippen LogP contribution is -2.59. The van der Waals surface area contributed by atoms with E-state index in [1.54, 1.807) is 0 Å². The zero-order chi connectivity index (χ0) is 41.6. The smallest absolute Gasteiger partial charge is 0.306 e. The molecule has 2 unspecified atom stereocenters. The maximum atomic E-state index is 12.7. The highest BCUT2D eigenvalue weighted by Gasteiger charge is 2.44. The Bertz CT molecular complexity index is 1030. The largest absolute Gasteiger partial charge is 0.462 e. The molecule has 0 aliphatic carbocycles. The highest BCUT2D eigenvalue weighted by Crippen LogP contribution is 2.22. The summed E-state index contributed by atoms with van der Waals surface area (Å²) in [5.74, 6) is -0.862. The quantitative estimate of drug-likeness (QED) is 0.0270. The van der Waals surface area contributed by atoms with Gasteiger partial charge in [-0.05, 0) is 44.9 Å². The second-order valence-corrected chi connectivity index (χ2v) is 15.9. The van der Waals surface area contributed by atoms with Gasteiger partial charge in [0.25, 0.3) is 0 Å². The number of esters is 2. The van der Waals surface area contributed by atoms with Crippen LogP contribution in [0.2, 0.25) is 0 Å². The molecule has 1 fully saturated rings. The van der Waals surface area contributed by atoms with Crippen molar-refractivity contribution >= 4 is 11.9 Å². The number of aliphatic hydroxyl groups is 4. The van der Waals surface area contributed by atoms with E-state index in [0.717, 1.165) is 38.5 Å². The molecule has 0 amide bonds. The minimum absolute atomic E-state index is 0.160. The molecule has 1 aliphatic heterocycles. The molecule has 0 bridgehead atoms. The first kappa shape index (κ1) is 52.9. The van der Waals surface area contributed by atoms with Crippen molar-refractivity contribution in [1.29, 1.82) is 0 Å². The number of ether oxygens (including phenoxy) is 4. The summed E-state index contributed by atoms with van der Waals surface area (Å²) in [7, 11) is 0. The van der Waals surface area contributed by atoms with Crippen molar-refractivity contribution in [2.24, 2.45) is 0 Å². The number of unbranched alkanes of at least 4 members (excludes halogenated alkanes) is 21. The van der Waals surface area contributed by atoms with Crippen LogP contribution in [0.15, 0.2) is 36.5 Å². The zero-order valence-electron chi connectivity index (χ0n) is 36.1. The highest BCUT2D eigenvalue weighted by atomic mass is 16.7. The van der Waals surface area contributed by atoms with Crippen molar-refractivity contribution < 1.29 is 49.0 Å². The van der Waals surface area contributed by atoms with Crippen LogP contribution in [0.4, 0.5) is 0 Å². The standard InChI is InChI=1S/C47H84O10/c1-3-5-7-9-11-13-15-17-19-20-22-24-26-28-30-32-34-36-43(50)56-40(39-55-47-46(53)45(52)44(51)41(37-48)57-47)38-54-42(49)35-33-31-29-27-25-23-21-18-16-14-12-10-8-6-4-2/h17,19,22,24,28,30,40-41,44-48,51-53H,3-16,18,20-21,23,25-27,29,31-39H2,1-2H3/b19-17+,24-22+,30-28+/t40-,41-,44+,45?,46?,47-/m1/s1. The number of hydrogen-bond acceptors (Lipinski definition) is 10. The van der Waals surface area contributed by atoms with Crippen molar-refractivity contribution in [3.63, 3.8) is 0 Å². The monoisotopic (exact) mass is 809 g/mol. The second-order valence-electron chi connectivity index (χ2n) is 15.9. The Morgan fingerprint density at radius 1 is 0.544 bits per heavy atom. The van der Waals surface area contributed by atoms with Gasteiger partial charge >= 0.3 is 11.9 Å².